The number of allylic oxidation sites excluding steroid dienone is 1. The molecule has 2 aromatic carbocycles. The zero-order chi connectivity index (χ0) is 43.3. The van der Waals surface area contributed by atoms with E-state index in [1.807, 2.05) is 23.1 Å². The summed E-state index contributed by atoms with van der Waals surface area (Å²) in [5.41, 5.74) is 11.2. The molecule has 1 aliphatic carbocycles. The Morgan fingerprint density at radius 1 is 1.02 bits per heavy atom. The second kappa shape index (κ2) is 20.1. The third-order valence-electron chi connectivity index (χ3n) is 11.4. The Bertz CT molecular complexity index is 2210. The second-order valence-electron chi connectivity index (χ2n) is 16.6. The lowest BCUT2D eigenvalue weighted by Gasteiger charge is -2.39. The fraction of sp³-hybridized carbons (Fsp3) is 0.432. The van der Waals surface area contributed by atoms with Gasteiger partial charge in [0.2, 0.25) is 5.88 Å². The van der Waals surface area contributed by atoms with E-state index in [9.17, 15) is 18.1 Å². The second-order valence-corrected chi connectivity index (χ2v) is 19.1. The van der Waals surface area contributed by atoms with Gasteiger partial charge in [-0.2, -0.15) is 4.72 Å². The van der Waals surface area contributed by atoms with Gasteiger partial charge in [0, 0.05) is 80.6 Å². The van der Waals surface area contributed by atoms with Crippen LogP contribution in [0.15, 0.2) is 77.5 Å². The average Bonchev–Trinajstić information content (AvgIpc) is 3.69. The summed E-state index contributed by atoms with van der Waals surface area (Å²) in [6, 6.07) is 16.4. The molecule has 2 aliphatic heterocycles. The lowest BCUT2D eigenvalue weighted by atomic mass is 9.72. The molecule has 2 fully saturated rings. The number of hydrogen-bond donors (Lipinski definition) is 2. The predicted molar refractivity (Wildman–Crippen MR) is 239 cm³/mol. The summed E-state index contributed by atoms with van der Waals surface area (Å²) in [7, 11) is 0. The lowest BCUT2D eigenvalue weighted by Crippen LogP contribution is -2.47. The fourth-order valence-corrected chi connectivity index (χ4v) is 9.38. The molecule has 326 valence electrons. The summed E-state index contributed by atoms with van der Waals surface area (Å²) in [5, 5.41) is 1.04. The molecule has 2 unspecified atom stereocenters. The number of carbonyl (C=O) groups is 1. The molecule has 2 saturated heterocycles. The Morgan fingerprint density at radius 2 is 1.79 bits per heavy atom. The van der Waals surface area contributed by atoms with Crippen LogP contribution in [-0.4, -0.2) is 102 Å². The number of nitrogens with zero attached hydrogens (tertiary/aromatic N) is 5. The maximum atomic E-state index is 13.8. The molecule has 3 aliphatic rings. The van der Waals surface area contributed by atoms with Crippen LogP contribution in [0.5, 0.6) is 17.4 Å². The number of halogens is 5. The van der Waals surface area contributed by atoms with E-state index in [1.165, 1.54) is 41.2 Å². The van der Waals surface area contributed by atoms with Crippen LogP contribution in [0.4, 0.5) is 20.3 Å². The fourth-order valence-electron chi connectivity index (χ4n) is 8.05. The highest BCUT2D eigenvalue weighted by molar-refractivity contribution is 7.90. The van der Waals surface area contributed by atoms with Crippen molar-refractivity contribution in [1.29, 1.82) is 0 Å². The minimum atomic E-state index is -2.06. The van der Waals surface area contributed by atoms with E-state index >= 15 is 0 Å². The summed E-state index contributed by atoms with van der Waals surface area (Å²) in [6.45, 7) is 9.32. The number of hydrogen-bond acceptors (Lipinski definition) is 10. The first-order valence-electron chi connectivity index (χ1n) is 20.3. The predicted octanol–water partition coefficient (Wildman–Crippen LogP) is 9.06. The molecule has 3 N–H and O–H groups in total. The van der Waals surface area contributed by atoms with Gasteiger partial charge in [-0.05, 0) is 73.0 Å². The van der Waals surface area contributed by atoms with Crippen LogP contribution in [0.3, 0.4) is 0 Å². The molecule has 0 bridgehead atoms. The Morgan fingerprint density at radius 3 is 2.51 bits per heavy atom. The van der Waals surface area contributed by atoms with Crippen molar-refractivity contribution in [2.75, 3.05) is 76.3 Å². The number of likely N-dealkylation sites (tertiary alicyclic amines) is 1. The molecule has 61 heavy (non-hydrogen) atoms. The monoisotopic (exact) mass is 915 g/mol. The molecule has 0 radical (unpaired) electrons. The molecule has 11 nitrogen and oxygen atoms in total. The number of piperazine rings is 1. The number of rotatable bonds is 15. The molecule has 0 spiro atoms. The van der Waals surface area contributed by atoms with Gasteiger partial charge in [-0.25, -0.2) is 18.7 Å². The molecule has 4 aromatic rings. The number of ether oxygens (including phenoxy) is 2. The van der Waals surface area contributed by atoms with Crippen LogP contribution in [0.25, 0.3) is 5.57 Å². The molecule has 1 amide bonds. The molecular formula is C44H50Cl3F2N7O4S. The van der Waals surface area contributed by atoms with E-state index in [-0.39, 0.29) is 68.2 Å². The summed E-state index contributed by atoms with van der Waals surface area (Å²) in [6.07, 6.45) is 5.22. The van der Waals surface area contributed by atoms with Crippen molar-refractivity contribution >= 4 is 69.2 Å². The van der Waals surface area contributed by atoms with Gasteiger partial charge in [0.25, 0.3) is 5.91 Å². The van der Waals surface area contributed by atoms with Crippen molar-refractivity contribution in [2.24, 2.45) is 11.3 Å². The molecule has 2 aromatic heterocycles. The third-order valence-corrected chi connectivity index (χ3v) is 13.3. The lowest BCUT2D eigenvalue weighted by molar-refractivity contribution is 0.0979. The van der Waals surface area contributed by atoms with E-state index in [2.05, 4.69) is 50.5 Å². The van der Waals surface area contributed by atoms with Crippen molar-refractivity contribution < 1.29 is 27.6 Å². The number of nitrogen functional groups attached to an aromatic ring is 1. The summed E-state index contributed by atoms with van der Waals surface area (Å²) in [4.78, 5) is 28.9. The van der Waals surface area contributed by atoms with E-state index in [0.717, 1.165) is 69.1 Å². The minimum absolute atomic E-state index is 0.0478. The summed E-state index contributed by atoms with van der Waals surface area (Å²) in [5.74, 6) is 0.177. The number of amides is 1. The highest BCUT2D eigenvalue weighted by atomic mass is 35.5. The molecule has 17 heteroatoms. The Kier molecular flexibility index (Phi) is 14.9. The number of nitrogens with one attached hydrogen (secondary N) is 1. The van der Waals surface area contributed by atoms with Gasteiger partial charge < -0.3 is 24.7 Å². The zero-order valence-corrected chi connectivity index (χ0v) is 37.2. The van der Waals surface area contributed by atoms with Gasteiger partial charge in [0.05, 0.1) is 29.6 Å². The largest absolute Gasteiger partial charge is 0.588 e. The standard InChI is InChI=1S/C44H50Cl3F2N7O4S/c1-44(2)11-9-30(37(20-44)29-3-5-31(45)6-4-29)25-54-13-15-56(16-14-54)33-7-8-36(40(17-33)60-34-18-38(46)41(50)51-22-34)42(57)53-61(58)35-19-39(47)43(52-23-35)59-27-28-10-12-55(24-28)26-32(49)21-48/h3-8,17-19,22-23,28,32H,9-16,20-21,24-27H2,1-2H3,(H2,50,51)(H,53,57)/t28?,32-,61?/m0/s1. The summed E-state index contributed by atoms with van der Waals surface area (Å²) >= 11 is 16.9. The number of benzene rings is 2. The smallest absolute Gasteiger partial charge is 0.296 e. The van der Waals surface area contributed by atoms with E-state index in [1.54, 1.807) is 12.1 Å². The number of pyridine rings is 2. The average molecular weight is 917 g/mol. The first-order valence-corrected chi connectivity index (χ1v) is 22.6. The SMILES string of the molecule is CC1(C)CCC(CN2CCN(c3ccc(C(=O)N[S+]([O-])c4cnc(OCC5CCN(C[C@@H](F)CF)C5)c(Cl)c4)c(Oc4cnc(N)c(Cl)c4)c3)CC2)=C(c2ccc(Cl)cc2)C1. The van der Waals surface area contributed by atoms with Crippen molar-refractivity contribution in [2.45, 2.75) is 50.6 Å². The van der Waals surface area contributed by atoms with Crippen LogP contribution in [-0.2, 0) is 11.4 Å². The molecule has 4 heterocycles. The van der Waals surface area contributed by atoms with Crippen LogP contribution in [0, 0.1) is 11.3 Å². The Balaban J connectivity index is 1.01. The van der Waals surface area contributed by atoms with Gasteiger partial charge in [-0.3, -0.25) is 14.6 Å². The van der Waals surface area contributed by atoms with Crippen LogP contribution < -0.4 is 24.8 Å². The first kappa shape index (κ1) is 45.1. The van der Waals surface area contributed by atoms with Crippen LogP contribution in [0.1, 0.15) is 55.5 Å². The zero-order valence-electron chi connectivity index (χ0n) is 34.1. The maximum Gasteiger partial charge on any atom is 0.296 e. The number of carbonyl (C=O) groups excluding carboxylic acids is 1. The number of alkyl halides is 2. The molecule has 0 saturated carbocycles. The van der Waals surface area contributed by atoms with Gasteiger partial charge in [-0.15, -0.1) is 0 Å². The normalized spacial score (nSPS) is 19.5. The van der Waals surface area contributed by atoms with Crippen LogP contribution in [0.2, 0.25) is 15.1 Å². The molecule has 3 atom stereocenters. The highest BCUT2D eigenvalue weighted by Gasteiger charge is 2.31. The van der Waals surface area contributed by atoms with Crippen molar-refractivity contribution in [3.05, 3.63) is 98.8 Å². The molecule has 7 rings (SSSR count). The van der Waals surface area contributed by atoms with Gasteiger partial charge in [-0.1, -0.05) is 66.4 Å². The molecular weight excluding hydrogens is 867 g/mol. The minimum Gasteiger partial charge on any atom is -0.588 e. The maximum absolute atomic E-state index is 13.8. The third kappa shape index (κ3) is 11.8. The van der Waals surface area contributed by atoms with Crippen molar-refractivity contribution in [1.82, 2.24) is 24.5 Å². The Hall–Kier alpha value is -3.89. The summed E-state index contributed by atoms with van der Waals surface area (Å²) < 4.78 is 54.2. The topological polar surface area (TPSA) is 132 Å². The van der Waals surface area contributed by atoms with Crippen LogP contribution >= 0.6 is 34.8 Å². The quantitative estimate of drug-likeness (QED) is 0.111. The number of aromatic nitrogens is 2. The number of nitrogens with two attached hydrogens (primary N) is 1. The van der Waals surface area contributed by atoms with E-state index in [0.29, 0.717) is 13.1 Å². The van der Waals surface area contributed by atoms with Gasteiger partial charge >= 0.3 is 0 Å². The highest BCUT2D eigenvalue weighted by Crippen LogP contribution is 2.43. The van der Waals surface area contributed by atoms with Gasteiger partial charge in [0.1, 0.15) is 46.5 Å². The van der Waals surface area contributed by atoms with Crippen molar-refractivity contribution in [3.8, 4) is 17.4 Å². The first-order chi connectivity index (χ1) is 29.2. The van der Waals surface area contributed by atoms with Gasteiger partial charge in [0.15, 0.2) is 4.90 Å². The number of anilines is 2. The Labute approximate surface area is 373 Å². The van der Waals surface area contributed by atoms with Crippen molar-refractivity contribution in [3.63, 3.8) is 0 Å². The van der Waals surface area contributed by atoms with E-state index in [4.69, 9.17) is 50.0 Å². The van der Waals surface area contributed by atoms with E-state index < -0.39 is 30.1 Å².